The second-order valence-electron chi connectivity index (χ2n) is 4.21. The second-order valence-corrected chi connectivity index (χ2v) is 4.60. The quantitative estimate of drug-likeness (QED) is 0.673. The van der Waals surface area contributed by atoms with Crippen LogP contribution in [-0.4, -0.2) is 21.6 Å². The maximum atomic E-state index is 5.93. The third-order valence-electron chi connectivity index (χ3n) is 3.14. The summed E-state index contributed by atoms with van der Waals surface area (Å²) in [5.41, 5.74) is 2.98. The SMILES string of the molecule is COc1ncccc1-c1cc2cc(Cl)ncc2n1C. The lowest BCUT2D eigenvalue weighted by Crippen LogP contribution is -1.95. The standard InChI is InChI=1S/C14H12ClN3O/c1-18-11(10-4-3-5-16-14(10)19-2)6-9-7-13(15)17-8-12(9)18/h3-8H,1-2H3. The molecule has 0 spiro atoms. The molecule has 96 valence electrons. The van der Waals surface area contributed by atoms with Gasteiger partial charge in [0.15, 0.2) is 0 Å². The number of aryl methyl sites for hydroxylation is 1. The van der Waals surface area contributed by atoms with E-state index in [1.165, 1.54) is 0 Å². The third kappa shape index (κ3) is 1.94. The van der Waals surface area contributed by atoms with Crippen LogP contribution in [0.2, 0.25) is 5.15 Å². The molecule has 0 N–H and O–H groups in total. The molecule has 3 heterocycles. The van der Waals surface area contributed by atoms with Gasteiger partial charge >= 0.3 is 0 Å². The molecule has 3 rings (SSSR count). The molecule has 0 fully saturated rings. The van der Waals surface area contributed by atoms with Crippen LogP contribution in [0.1, 0.15) is 0 Å². The molecule has 0 saturated heterocycles. The number of fused-ring (bicyclic) bond motifs is 1. The summed E-state index contributed by atoms with van der Waals surface area (Å²) in [6.45, 7) is 0. The minimum Gasteiger partial charge on any atom is -0.481 e. The molecule has 0 amide bonds. The van der Waals surface area contributed by atoms with Gasteiger partial charge in [0.25, 0.3) is 0 Å². The summed E-state index contributed by atoms with van der Waals surface area (Å²) in [7, 11) is 3.60. The van der Waals surface area contributed by atoms with Crippen LogP contribution in [0.5, 0.6) is 5.88 Å². The number of rotatable bonds is 2. The first-order valence-corrected chi connectivity index (χ1v) is 6.19. The lowest BCUT2D eigenvalue weighted by Gasteiger charge is -2.08. The number of halogens is 1. The fourth-order valence-electron chi connectivity index (χ4n) is 2.21. The van der Waals surface area contributed by atoms with Gasteiger partial charge in [-0.15, -0.1) is 0 Å². The minimum absolute atomic E-state index is 0.489. The van der Waals surface area contributed by atoms with Crippen molar-refractivity contribution in [2.75, 3.05) is 7.11 Å². The molecule has 0 aliphatic carbocycles. The summed E-state index contributed by atoms with van der Waals surface area (Å²) in [6, 6.07) is 7.78. The van der Waals surface area contributed by atoms with Crippen molar-refractivity contribution < 1.29 is 4.74 Å². The van der Waals surface area contributed by atoms with E-state index in [-0.39, 0.29) is 0 Å². The molecular formula is C14H12ClN3O. The van der Waals surface area contributed by atoms with Crippen molar-refractivity contribution in [3.8, 4) is 17.1 Å². The van der Waals surface area contributed by atoms with E-state index < -0.39 is 0 Å². The van der Waals surface area contributed by atoms with E-state index in [0.29, 0.717) is 11.0 Å². The summed E-state index contributed by atoms with van der Waals surface area (Å²) in [5, 5.41) is 1.53. The van der Waals surface area contributed by atoms with Crippen LogP contribution in [0.3, 0.4) is 0 Å². The van der Waals surface area contributed by atoms with Gasteiger partial charge in [-0.1, -0.05) is 11.6 Å². The Balaban J connectivity index is 2.28. The van der Waals surface area contributed by atoms with Crippen LogP contribution in [0, 0.1) is 0 Å². The van der Waals surface area contributed by atoms with Gasteiger partial charge in [-0.3, -0.25) is 0 Å². The van der Waals surface area contributed by atoms with E-state index in [1.807, 2.05) is 25.2 Å². The number of aromatic nitrogens is 3. The van der Waals surface area contributed by atoms with Gasteiger partial charge in [0, 0.05) is 18.6 Å². The molecule has 0 aliphatic rings. The Kier molecular flexibility index (Phi) is 2.87. The summed E-state index contributed by atoms with van der Waals surface area (Å²) in [5.74, 6) is 0.604. The molecule has 0 aliphatic heterocycles. The Hall–Kier alpha value is -2.07. The van der Waals surface area contributed by atoms with Gasteiger partial charge in [-0.2, -0.15) is 0 Å². The molecule has 5 heteroatoms. The number of methoxy groups -OCH3 is 1. The molecule has 4 nitrogen and oxygen atoms in total. The molecule has 0 unspecified atom stereocenters. The molecule has 19 heavy (non-hydrogen) atoms. The zero-order chi connectivity index (χ0) is 13.4. The largest absolute Gasteiger partial charge is 0.481 e. The Bertz CT molecular complexity index is 752. The normalized spacial score (nSPS) is 10.9. The first-order valence-electron chi connectivity index (χ1n) is 5.81. The van der Waals surface area contributed by atoms with Crippen molar-refractivity contribution in [3.05, 3.63) is 41.8 Å². The molecule has 0 atom stereocenters. The molecule has 3 aromatic rings. The zero-order valence-electron chi connectivity index (χ0n) is 10.6. The van der Waals surface area contributed by atoms with Crippen LogP contribution in [0.25, 0.3) is 22.2 Å². The third-order valence-corrected chi connectivity index (χ3v) is 3.34. The fraction of sp³-hybridized carbons (Fsp3) is 0.143. The van der Waals surface area contributed by atoms with Gasteiger partial charge in [-0.05, 0) is 24.3 Å². The van der Waals surface area contributed by atoms with Crippen molar-refractivity contribution in [3.63, 3.8) is 0 Å². The van der Waals surface area contributed by atoms with Crippen molar-refractivity contribution in [1.29, 1.82) is 0 Å². The Morgan fingerprint density at radius 3 is 2.89 bits per heavy atom. The van der Waals surface area contributed by atoms with E-state index in [1.54, 1.807) is 19.5 Å². The number of hydrogen-bond donors (Lipinski definition) is 0. The monoisotopic (exact) mass is 273 g/mol. The van der Waals surface area contributed by atoms with Gasteiger partial charge in [0.2, 0.25) is 5.88 Å². The number of nitrogens with zero attached hydrogens (tertiary/aromatic N) is 3. The summed E-state index contributed by atoms with van der Waals surface area (Å²) in [4.78, 5) is 8.34. The summed E-state index contributed by atoms with van der Waals surface area (Å²) < 4.78 is 7.36. The number of hydrogen-bond acceptors (Lipinski definition) is 3. The van der Waals surface area contributed by atoms with Crippen molar-refractivity contribution >= 4 is 22.5 Å². The Labute approximate surface area is 115 Å². The average Bonchev–Trinajstić information content (AvgIpc) is 2.75. The highest BCUT2D eigenvalue weighted by atomic mass is 35.5. The second kappa shape index (κ2) is 4.55. The highest BCUT2D eigenvalue weighted by molar-refractivity contribution is 6.30. The topological polar surface area (TPSA) is 39.9 Å². The molecular weight excluding hydrogens is 262 g/mol. The molecule has 0 bridgehead atoms. The van der Waals surface area contributed by atoms with Crippen LogP contribution in [-0.2, 0) is 7.05 Å². The van der Waals surface area contributed by atoms with Crippen LogP contribution in [0.4, 0.5) is 0 Å². The smallest absolute Gasteiger partial charge is 0.222 e. The molecule has 0 saturated carbocycles. The van der Waals surface area contributed by atoms with E-state index in [0.717, 1.165) is 22.2 Å². The predicted octanol–water partition coefficient (Wildman–Crippen LogP) is 3.30. The Morgan fingerprint density at radius 1 is 1.26 bits per heavy atom. The highest BCUT2D eigenvalue weighted by Crippen LogP contribution is 2.32. The van der Waals surface area contributed by atoms with Crippen LogP contribution in [0.15, 0.2) is 36.7 Å². The first-order chi connectivity index (χ1) is 9.20. The number of pyridine rings is 2. The van der Waals surface area contributed by atoms with Crippen LogP contribution >= 0.6 is 11.6 Å². The van der Waals surface area contributed by atoms with Gasteiger partial charge < -0.3 is 9.30 Å². The lowest BCUT2D eigenvalue weighted by atomic mass is 10.2. The zero-order valence-corrected chi connectivity index (χ0v) is 11.3. The van der Waals surface area contributed by atoms with Gasteiger partial charge in [0.1, 0.15) is 5.15 Å². The van der Waals surface area contributed by atoms with E-state index in [2.05, 4.69) is 20.6 Å². The lowest BCUT2D eigenvalue weighted by molar-refractivity contribution is 0.399. The fourth-order valence-corrected chi connectivity index (χ4v) is 2.38. The average molecular weight is 274 g/mol. The minimum atomic E-state index is 0.489. The van der Waals surface area contributed by atoms with Gasteiger partial charge in [-0.25, -0.2) is 9.97 Å². The summed E-state index contributed by atoms with van der Waals surface area (Å²) in [6.07, 6.45) is 3.48. The number of ether oxygens (including phenoxy) is 1. The molecule has 0 radical (unpaired) electrons. The van der Waals surface area contributed by atoms with Crippen molar-refractivity contribution in [1.82, 2.24) is 14.5 Å². The summed E-state index contributed by atoms with van der Waals surface area (Å²) >= 11 is 5.93. The van der Waals surface area contributed by atoms with E-state index in [9.17, 15) is 0 Å². The van der Waals surface area contributed by atoms with Gasteiger partial charge in [0.05, 0.1) is 30.1 Å². The Morgan fingerprint density at radius 2 is 2.11 bits per heavy atom. The molecule has 0 aromatic carbocycles. The maximum absolute atomic E-state index is 5.93. The molecule has 3 aromatic heterocycles. The first kappa shape index (κ1) is 12.0. The highest BCUT2D eigenvalue weighted by Gasteiger charge is 2.13. The maximum Gasteiger partial charge on any atom is 0.222 e. The predicted molar refractivity (Wildman–Crippen MR) is 75.5 cm³/mol. The van der Waals surface area contributed by atoms with Crippen LogP contribution < -0.4 is 4.74 Å². The van der Waals surface area contributed by atoms with E-state index in [4.69, 9.17) is 16.3 Å². The van der Waals surface area contributed by atoms with Crippen molar-refractivity contribution in [2.24, 2.45) is 7.05 Å². The van der Waals surface area contributed by atoms with E-state index >= 15 is 0 Å². The van der Waals surface area contributed by atoms with Crippen molar-refractivity contribution in [2.45, 2.75) is 0 Å².